The van der Waals surface area contributed by atoms with Gasteiger partial charge in [0.2, 0.25) is 0 Å². The average Bonchev–Trinajstić information content (AvgIpc) is 2.88. The average molecular weight is 1090 g/mol. The maximum Gasteiger partial charge on any atom is 0.135 e. The van der Waals surface area contributed by atoms with Crippen LogP contribution < -0.4 is 9.80 Å². The maximum atomic E-state index is 6.18. The summed E-state index contributed by atoms with van der Waals surface area (Å²) in [5.74, 6) is 0. The molecule has 0 bridgehead atoms. The van der Waals surface area contributed by atoms with Gasteiger partial charge in [0, 0.05) is 59.0 Å². The number of benzene rings is 14. The van der Waals surface area contributed by atoms with Gasteiger partial charge in [-0.1, -0.05) is 231 Å². The number of hydrogen-bond donors (Lipinski definition) is 0. The van der Waals surface area contributed by atoms with Gasteiger partial charge in [-0.05, 0) is 151 Å². The van der Waals surface area contributed by atoms with Gasteiger partial charge >= 0.3 is 0 Å². The third kappa shape index (κ3) is 8.67. The van der Waals surface area contributed by atoms with Gasteiger partial charge in [0.25, 0.3) is 0 Å². The molecule has 0 aliphatic rings. The van der Waals surface area contributed by atoms with Gasteiger partial charge in [-0.25, -0.2) is 0 Å². The van der Waals surface area contributed by atoms with E-state index in [1.54, 1.807) is 0 Å². The second kappa shape index (κ2) is 20.6. The minimum absolute atomic E-state index is 0.899. The Bertz CT molecular complexity index is 5110. The largest absolute Gasteiger partial charge is 0.456 e. The Morgan fingerprint density at radius 3 is 1.45 bits per heavy atom. The van der Waals surface area contributed by atoms with Crippen LogP contribution in [0.25, 0.3) is 119 Å². The number of thiophene rings is 1. The molecule has 0 amide bonds. The molecule has 0 N–H and O–H groups in total. The van der Waals surface area contributed by atoms with E-state index in [4.69, 9.17) is 4.42 Å². The lowest BCUT2D eigenvalue weighted by Crippen LogP contribution is -2.11. The van der Waals surface area contributed by atoms with Crippen LogP contribution in [0, 0.1) is 0 Å². The molecular formula is C80H52N2OS. The van der Waals surface area contributed by atoms with E-state index < -0.39 is 0 Å². The lowest BCUT2D eigenvalue weighted by Gasteiger charge is -2.29. The van der Waals surface area contributed by atoms with Crippen molar-refractivity contribution in [3.8, 4) is 55.6 Å². The van der Waals surface area contributed by atoms with Crippen molar-refractivity contribution in [1.29, 1.82) is 0 Å². The van der Waals surface area contributed by atoms with Crippen molar-refractivity contribution in [3.05, 3.63) is 315 Å². The number of para-hydroxylation sites is 3. The van der Waals surface area contributed by atoms with Crippen molar-refractivity contribution in [2.24, 2.45) is 0 Å². The third-order valence-corrected chi connectivity index (χ3v) is 17.8. The Kier molecular flexibility index (Phi) is 12.1. The van der Waals surface area contributed by atoms with E-state index in [1.807, 2.05) is 23.5 Å². The molecule has 0 radical (unpaired) electrons. The number of furan rings is 1. The molecule has 14 aromatic carbocycles. The monoisotopic (exact) mass is 1090 g/mol. The molecule has 4 heteroatoms. The Morgan fingerprint density at radius 2 is 0.702 bits per heavy atom. The topological polar surface area (TPSA) is 19.6 Å². The molecule has 394 valence electrons. The standard InChI is InChI=1S/C80H52N2OS/c1-2-19-63(20-3-1)81(64-45-39-54(40-46-64)53-31-35-59(36-32-53)67-25-12-17-57-15-4-6-21-66(57)67)75-28-14-30-78-80(75)71-49-43-62(52-79(71)84-78)55-33-37-60(38-34-55)69-23-8-10-26-73(69)82(74-27-13-18-58-16-5-7-22-68(58)74)65-47-41-56(42-48-65)61-44-50-77-72(51-61)70-24-9-11-29-76(70)83-77/h1-52H. The van der Waals surface area contributed by atoms with Crippen molar-refractivity contribution in [3.63, 3.8) is 0 Å². The quantitative estimate of drug-likeness (QED) is 0.129. The van der Waals surface area contributed by atoms with Crippen molar-refractivity contribution in [2.45, 2.75) is 0 Å². The molecule has 16 rings (SSSR count). The summed E-state index contributed by atoms with van der Waals surface area (Å²) < 4.78 is 8.69. The SMILES string of the molecule is c1ccc(N(c2ccc(-c3ccc(-c4cccc5ccccc45)cc3)cc2)c2cccc3sc4cc(-c5ccc(-c6ccccc6N(c6ccc(-c7ccc8oc9ccccc9c8c7)cc6)c6cccc7ccccc67)cc5)ccc4c23)cc1. The molecule has 84 heavy (non-hydrogen) atoms. The summed E-state index contributed by atoms with van der Waals surface area (Å²) in [5.41, 5.74) is 20.3. The summed E-state index contributed by atoms with van der Waals surface area (Å²) >= 11 is 1.86. The van der Waals surface area contributed by atoms with Crippen molar-refractivity contribution in [1.82, 2.24) is 0 Å². The van der Waals surface area contributed by atoms with Crippen LogP contribution in [0.3, 0.4) is 0 Å². The smallest absolute Gasteiger partial charge is 0.135 e. The van der Waals surface area contributed by atoms with E-state index in [2.05, 4.69) is 313 Å². The first kappa shape index (κ1) is 49.1. The van der Waals surface area contributed by atoms with Crippen LogP contribution in [0.5, 0.6) is 0 Å². The van der Waals surface area contributed by atoms with E-state index in [0.717, 1.165) is 78.3 Å². The maximum absolute atomic E-state index is 6.18. The van der Waals surface area contributed by atoms with Crippen LogP contribution in [0.1, 0.15) is 0 Å². The Balaban J connectivity index is 0.717. The summed E-state index contributed by atoms with van der Waals surface area (Å²) in [7, 11) is 0. The van der Waals surface area contributed by atoms with Crippen molar-refractivity contribution >= 4 is 109 Å². The molecule has 0 saturated carbocycles. The molecule has 2 aromatic heterocycles. The molecule has 2 heterocycles. The number of hydrogen-bond acceptors (Lipinski definition) is 4. The highest BCUT2D eigenvalue weighted by Gasteiger charge is 2.22. The Hall–Kier alpha value is -10.8. The Labute approximate surface area is 491 Å². The second-order valence-electron chi connectivity index (χ2n) is 21.6. The molecule has 0 atom stereocenters. The second-order valence-corrected chi connectivity index (χ2v) is 22.7. The van der Waals surface area contributed by atoms with Crippen LogP contribution in [0.4, 0.5) is 34.1 Å². The first-order valence-electron chi connectivity index (χ1n) is 28.6. The number of rotatable bonds is 11. The number of anilines is 6. The molecule has 0 unspecified atom stereocenters. The van der Waals surface area contributed by atoms with E-state index >= 15 is 0 Å². The zero-order chi connectivity index (χ0) is 55.5. The number of fused-ring (bicyclic) bond motifs is 8. The first-order valence-corrected chi connectivity index (χ1v) is 29.4. The van der Waals surface area contributed by atoms with Gasteiger partial charge in [0.05, 0.1) is 17.1 Å². The van der Waals surface area contributed by atoms with E-state index in [-0.39, 0.29) is 0 Å². The normalized spacial score (nSPS) is 11.6. The molecule has 0 fully saturated rings. The summed E-state index contributed by atoms with van der Waals surface area (Å²) in [6.07, 6.45) is 0. The van der Waals surface area contributed by atoms with Gasteiger partial charge in [0.1, 0.15) is 11.2 Å². The van der Waals surface area contributed by atoms with Gasteiger partial charge in [0.15, 0.2) is 0 Å². The summed E-state index contributed by atoms with van der Waals surface area (Å²) in [6, 6.07) is 115. The zero-order valence-electron chi connectivity index (χ0n) is 45.7. The highest BCUT2D eigenvalue weighted by Crippen LogP contribution is 2.48. The predicted molar refractivity (Wildman–Crippen MR) is 358 cm³/mol. The molecule has 0 saturated heterocycles. The minimum atomic E-state index is 0.899. The molecule has 16 aromatic rings. The summed E-state index contributed by atoms with van der Waals surface area (Å²) in [4.78, 5) is 4.83. The highest BCUT2D eigenvalue weighted by molar-refractivity contribution is 7.26. The van der Waals surface area contributed by atoms with Gasteiger partial charge in [-0.3, -0.25) is 0 Å². The molecule has 0 aliphatic heterocycles. The predicted octanol–water partition coefficient (Wildman–Crippen LogP) is 23.5. The van der Waals surface area contributed by atoms with Crippen LogP contribution >= 0.6 is 11.3 Å². The first-order chi connectivity index (χ1) is 41.6. The lowest BCUT2D eigenvalue weighted by atomic mass is 9.96. The van der Waals surface area contributed by atoms with Crippen molar-refractivity contribution < 1.29 is 4.42 Å². The van der Waals surface area contributed by atoms with Crippen LogP contribution in [-0.4, -0.2) is 0 Å². The van der Waals surface area contributed by atoms with Gasteiger partial charge < -0.3 is 14.2 Å². The zero-order valence-corrected chi connectivity index (χ0v) is 46.5. The highest BCUT2D eigenvalue weighted by atomic mass is 32.1. The van der Waals surface area contributed by atoms with Crippen LogP contribution in [0.2, 0.25) is 0 Å². The molecule has 0 spiro atoms. The fraction of sp³-hybridized carbons (Fsp3) is 0. The molecular weight excluding hydrogens is 1040 g/mol. The lowest BCUT2D eigenvalue weighted by molar-refractivity contribution is 0.669. The van der Waals surface area contributed by atoms with Crippen molar-refractivity contribution in [2.75, 3.05) is 9.80 Å². The molecule has 3 nitrogen and oxygen atoms in total. The van der Waals surface area contributed by atoms with E-state index in [0.29, 0.717) is 0 Å². The van der Waals surface area contributed by atoms with Crippen LogP contribution in [0.15, 0.2) is 320 Å². The van der Waals surface area contributed by atoms with E-state index in [9.17, 15) is 0 Å². The third-order valence-electron chi connectivity index (χ3n) is 16.7. The van der Waals surface area contributed by atoms with E-state index in [1.165, 1.54) is 75.1 Å². The number of nitrogens with zero attached hydrogens (tertiary/aromatic N) is 2. The Morgan fingerprint density at radius 1 is 0.238 bits per heavy atom. The minimum Gasteiger partial charge on any atom is -0.456 e. The fourth-order valence-corrected chi connectivity index (χ4v) is 13.7. The van der Waals surface area contributed by atoms with Crippen LogP contribution in [-0.2, 0) is 0 Å². The summed E-state index contributed by atoms with van der Waals surface area (Å²) in [6.45, 7) is 0. The molecule has 0 aliphatic carbocycles. The summed E-state index contributed by atoms with van der Waals surface area (Å²) in [5, 5.41) is 9.66. The van der Waals surface area contributed by atoms with Gasteiger partial charge in [-0.15, -0.1) is 11.3 Å². The fourth-order valence-electron chi connectivity index (χ4n) is 12.6. The van der Waals surface area contributed by atoms with Gasteiger partial charge in [-0.2, -0.15) is 0 Å².